The highest BCUT2D eigenvalue weighted by Crippen LogP contribution is 2.39. The van der Waals surface area contributed by atoms with E-state index < -0.39 is 0 Å². The highest BCUT2D eigenvalue weighted by Gasteiger charge is 2.33. The molecule has 1 aliphatic rings. The fourth-order valence-electron chi connectivity index (χ4n) is 3.59. The third kappa shape index (κ3) is 4.25. The molecule has 0 saturated heterocycles. The first-order valence-corrected chi connectivity index (χ1v) is 10.5. The molecule has 1 heterocycles. The van der Waals surface area contributed by atoms with Crippen LogP contribution in [0.15, 0.2) is 71.7 Å². The van der Waals surface area contributed by atoms with Gasteiger partial charge in [-0.1, -0.05) is 47.5 Å². The van der Waals surface area contributed by atoms with Gasteiger partial charge in [-0.15, -0.1) is 0 Å². The Morgan fingerprint density at radius 2 is 1.53 bits per heavy atom. The van der Waals surface area contributed by atoms with Crippen molar-refractivity contribution >= 4 is 29.0 Å². The molecule has 0 spiro atoms. The molecule has 3 aromatic rings. The minimum absolute atomic E-state index is 0.0564. The maximum atomic E-state index is 6.11. The lowest BCUT2D eigenvalue weighted by atomic mass is 9.95. The number of nitrogens with zero attached hydrogens (tertiary/aromatic N) is 1. The Labute approximate surface area is 186 Å². The molecule has 0 saturated carbocycles. The molecular weight excluding hydrogens is 419 g/mol. The van der Waals surface area contributed by atoms with Crippen molar-refractivity contribution in [1.29, 1.82) is 0 Å². The number of ether oxygens (including phenoxy) is 2. The van der Waals surface area contributed by atoms with Gasteiger partial charge in [-0.2, -0.15) is 0 Å². The van der Waals surface area contributed by atoms with Gasteiger partial charge in [0.15, 0.2) is 0 Å². The van der Waals surface area contributed by atoms with Crippen LogP contribution in [0.1, 0.15) is 35.7 Å². The van der Waals surface area contributed by atoms with Gasteiger partial charge < -0.3 is 14.8 Å². The molecule has 0 unspecified atom stereocenters. The van der Waals surface area contributed by atoms with E-state index in [-0.39, 0.29) is 12.1 Å². The lowest BCUT2D eigenvalue weighted by Gasteiger charge is -2.20. The third-order valence-corrected chi connectivity index (χ3v) is 5.56. The van der Waals surface area contributed by atoms with Gasteiger partial charge in [0.1, 0.15) is 23.4 Å². The molecule has 0 aliphatic carbocycles. The van der Waals surface area contributed by atoms with E-state index >= 15 is 0 Å². The maximum Gasteiger partial charge on any atom is 0.133 e. The van der Waals surface area contributed by atoms with Crippen molar-refractivity contribution in [3.8, 4) is 11.5 Å². The van der Waals surface area contributed by atoms with Crippen LogP contribution >= 0.6 is 23.2 Å². The molecule has 4 rings (SSSR count). The number of benzene rings is 3. The molecule has 30 heavy (non-hydrogen) atoms. The van der Waals surface area contributed by atoms with E-state index in [1.807, 2.05) is 73.7 Å². The van der Waals surface area contributed by atoms with Gasteiger partial charge in [0.2, 0.25) is 0 Å². The number of amidine groups is 1. The standard InChI is InChI=1S/C24H22Cl2N2O2/c1-3-30-21-13-12-19(29-2)14-20(21)24-27-22(15-4-8-17(25)9-5-15)23(28-24)16-6-10-18(26)11-7-16/h4-14,22-23H,3H2,1-2H3,(H,27,28)/t22-,23+. The SMILES string of the molecule is CCOc1ccc(OC)cc1C1=N[C@@H](c2ccc(Cl)cc2)[C@@H](c2ccc(Cl)cc2)N1. The van der Waals surface area contributed by atoms with E-state index in [2.05, 4.69) is 5.32 Å². The first kappa shape index (κ1) is 20.6. The zero-order valence-corrected chi connectivity index (χ0v) is 18.2. The highest BCUT2D eigenvalue weighted by atomic mass is 35.5. The fraction of sp³-hybridized carbons (Fsp3) is 0.208. The lowest BCUT2D eigenvalue weighted by molar-refractivity contribution is 0.338. The van der Waals surface area contributed by atoms with Crippen molar-refractivity contribution in [3.05, 3.63) is 93.5 Å². The van der Waals surface area contributed by atoms with Crippen LogP contribution in [0.5, 0.6) is 11.5 Å². The number of aliphatic imine (C=N–C) groups is 1. The van der Waals surface area contributed by atoms with Gasteiger partial charge in [-0.25, -0.2) is 0 Å². The van der Waals surface area contributed by atoms with Crippen LogP contribution in [0.2, 0.25) is 10.0 Å². The molecule has 0 bridgehead atoms. The molecular formula is C24H22Cl2N2O2. The molecule has 2 atom stereocenters. The van der Waals surface area contributed by atoms with E-state index in [9.17, 15) is 0 Å². The highest BCUT2D eigenvalue weighted by molar-refractivity contribution is 6.30. The van der Waals surface area contributed by atoms with E-state index in [1.54, 1.807) is 7.11 Å². The van der Waals surface area contributed by atoms with Crippen LogP contribution in [0.4, 0.5) is 0 Å². The lowest BCUT2D eigenvalue weighted by Crippen LogP contribution is -2.25. The first-order valence-electron chi connectivity index (χ1n) is 9.75. The molecule has 0 radical (unpaired) electrons. The van der Waals surface area contributed by atoms with Crippen molar-refractivity contribution in [3.63, 3.8) is 0 Å². The summed E-state index contributed by atoms with van der Waals surface area (Å²) in [5.74, 6) is 2.27. The summed E-state index contributed by atoms with van der Waals surface area (Å²) < 4.78 is 11.3. The van der Waals surface area contributed by atoms with Crippen molar-refractivity contribution in [1.82, 2.24) is 5.32 Å². The number of nitrogens with one attached hydrogen (secondary N) is 1. The van der Waals surface area contributed by atoms with Gasteiger partial charge in [-0.05, 0) is 60.5 Å². The van der Waals surface area contributed by atoms with Crippen LogP contribution in [0.3, 0.4) is 0 Å². The topological polar surface area (TPSA) is 42.9 Å². The molecule has 0 fully saturated rings. The van der Waals surface area contributed by atoms with Crippen molar-refractivity contribution in [2.24, 2.45) is 4.99 Å². The van der Waals surface area contributed by atoms with Crippen molar-refractivity contribution < 1.29 is 9.47 Å². The second kappa shape index (κ2) is 8.99. The Bertz CT molecular complexity index is 1050. The monoisotopic (exact) mass is 440 g/mol. The Hall–Kier alpha value is -2.69. The molecule has 0 amide bonds. The predicted molar refractivity (Wildman–Crippen MR) is 122 cm³/mol. The summed E-state index contributed by atoms with van der Waals surface area (Å²) in [6.07, 6.45) is 0. The normalized spacial score (nSPS) is 17.9. The molecule has 0 aromatic heterocycles. The van der Waals surface area contributed by atoms with Gasteiger partial charge in [0, 0.05) is 10.0 Å². The quantitative estimate of drug-likeness (QED) is 0.493. The van der Waals surface area contributed by atoms with Crippen LogP contribution in [0, 0.1) is 0 Å². The van der Waals surface area contributed by atoms with Crippen molar-refractivity contribution in [2.45, 2.75) is 19.0 Å². The Morgan fingerprint density at radius 3 is 2.13 bits per heavy atom. The summed E-state index contributed by atoms with van der Waals surface area (Å²) in [5, 5.41) is 4.99. The average molecular weight is 441 g/mol. The Morgan fingerprint density at radius 1 is 0.900 bits per heavy atom. The maximum absolute atomic E-state index is 6.11. The second-order valence-electron chi connectivity index (χ2n) is 6.94. The van der Waals surface area contributed by atoms with Gasteiger partial charge in [-0.3, -0.25) is 4.99 Å². The van der Waals surface area contributed by atoms with Crippen LogP contribution in [0.25, 0.3) is 0 Å². The van der Waals surface area contributed by atoms with E-state index in [4.69, 9.17) is 37.7 Å². The van der Waals surface area contributed by atoms with E-state index in [0.717, 1.165) is 34.0 Å². The minimum Gasteiger partial charge on any atom is -0.497 e. The van der Waals surface area contributed by atoms with Gasteiger partial charge >= 0.3 is 0 Å². The zero-order valence-electron chi connectivity index (χ0n) is 16.7. The summed E-state index contributed by atoms with van der Waals surface area (Å²) in [6, 6.07) is 21.2. The molecule has 1 aliphatic heterocycles. The summed E-state index contributed by atoms with van der Waals surface area (Å²) in [4.78, 5) is 5.05. The van der Waals surface area contributed by atoms with Gasteiger partial charge in [0.25, 0.3) is 0 Å². The van der Waals surface area contributed by atoms with Crippen LogP contribution in [-0.2, 0) is 0 Å². The summed E-state index contributed by atoms with van der Waals surface area (Å²) in [6.45, 7) is 2.53. The number of methoxy groups -OCH3 is 1. The molecule has 154 valence electrons. The average Bonchev–Trinajstić information content (AvgIpc) is 3.20. The second-order valence-corrected chi connectivity index (χ2v) is 7.82. The largest absolute Gasteiger partial charge is 0.497 e. The molecule has 6 heteroatoms. The third-order valence-electron chi connectivity index (χ3n) is 5.06. The molecule has 4 nitrogen and oxygen atoms in total. The zero-order chi connectivity index (χ0) is 21.1. The smallest absolute Gasteiger partial charge is 0.133 e. The minimum atomic E-state index is -0.126. The Balaban J connectivity index is 1.78. The Kier molecular flexibility index (Phi) is 6.16. The van der Waals surface area contributed by atoms with E-state index in [0.29, 0.717) is 16.7 Å². The van der Waals surface area contributed by atoms with Crippen LogP contribution in [-0.4, -0.2) is 19.6 Å². The van der Waals surface area contributed by atoms with Crippen molar-refractivity contribution in [2.75, 3.05) is 13.7 Å². The number of rotatable bonds is 6. The fourth-order valence-corrected chi connectivity index (χ4v) is 3.84. The molecule has 1 N–H and O–H groups in total. The summed E-state index contributed by atoms with van der Waals surface area (Å²) in [7, 11) is 1.65. The first-order chi connectivity index (χ1) is 14.6. The van der Waals surface area contributed by atoms with Crippen LogP contribution < -0.4 is 14.8 Å². The number of hydrogen-bond donors (Lipinski definition) is 1. The number of halogens is 2. The number of hydrogen-bond acceptors (Lipinski definition) is 4. The molecule has 3 aromatic carbocycles. The van der Waals surface area contributed by atoms with E-state index in [1.165, 1.54) is 0 Å². The summed E-state index contributed by atoms with van der Waals surface area (Å²) in [5.41, 5.74) is 3.04. The van der Waals surface area contributed by atoms with Gasteiger partial charge in [0.05, 0.1) is 25.3 Å². The predicted octanol–water partition coefficient (Wildman–Crippen LogP) is 6.23. The summed E-state index contributed by atoms with van der Waals surface area (Å²) >= 11 is 12.2.